The molecule has 0 amide bonds. The minimum atomic E-state index is -0.561. The van der Waals surface area contributed by atoms with E-state index in [2.05, 4.69) is 13.8 Å². The van der Waals surface area contributed by atoms with Gasteiger partial charge in [-0.05, 0) is 92.3 Å². The van der Waals surface area contributed by atoms with Crippen LogP contribution in [0.3, 0.4) is 0 Å². The summed E-state index contributed by atoms with van der Waals surface area (Å²) in [7, 11) is 0. The number of rotatable bonds is 1. The van der Waals surface area contributed by atoms with Crippen molar-refractivity contribution in [2.75, 3.05) is 0 Å². The molecule has 0 heterocycles. The van der Waals surface area contributed by atoms with Crippen LogP contribution in [0.2, 0.25) is 0 Å². The van der Waals surface area contributed by atoms with Crippen molar-refractivity contribution in [2.24, 2.45) is 40.4 Å². The predicted molar refractivity (Wildman–Crippen MR) is 88.9 cm³/mol. The van der Waals surface area contributed by atoms with Crippen LogP contribution in [0.25, 0.3) is 0 Å². The number of aliphatic hydroxyl groups excluding tert-OH is 1. The molecular formula is C20H32O3. The van der Waals surface area contributed by atoms with Gasteiger partial charge in [0.05, 0.1) is 12.0 Å². The van der Waals surface area contributed by atoms with E-state index in [1.165, 1.54) is 25.7 Å². The zero-order chi connectivity index (χ0) is 16.4. The molecule has 8 atom stereocenters. The van der Waals surface area contributed by atoms with Crippen LogP contribution in [-0.2, 0) is 4.79 Å². The van der Waals surface area contributed by atoms with E-state index in [9.17, 15) is 15.0 Å². The van der Waals surface area contributed by atoms with Gasteiger partial charge in [-0.15, -0.1) is 0 Å². The number of fused-ring (bicyclic) bond motifs is 5. The average Bonchev–Trinajstić information content (AvgIpc) is 2.85. The summed E-state index contributed by atoms with van der Waals surface area (Å²) in [5.74, 6) is 2.12. The van der Waals surface area contributed by atoms with E-state index in [1.807, 2.05) is 0 Å². The summed E-state index contributed by atoms with van der Waals surface area (Å²) >= 11 is 0. The number of carboxylic acid groups (broad SMARTS) is 1. The SMILES string of the molecule is C[C@]12CC[C@@H](O)C[C@H]1CC[C@@H]1[C@H]2CC[C@]2(C)[C@@H](C(=O)O)CC[C@H]12. The van der Waals surface area contributed by atoms with Gasteiger partial charge in [0, 0.05) is 0 Å². The highest BCUT2D eigenvalue weighted by atomic mass is 16.4. The first kappa shape index (κ1) is 15.9. The normalized spacial score (nSPS) is 55.6. The smallest absolute Gasteiger partial charge is 0.307 e. The lowest BCUT2D eigenvalue weighted by atomic mass is 9.44. The van der Waals surface area contributed by atoms with Gasteiger partial charge in [0.2, 0.25) is 0 Å². The maximum atomic E-state index is 11.7. The second kappa shape index (κ2) is 5.21. The Morgan fingerprint density at radius 3 is 2.35 bits per heavy atom. The topological polar surface area (TPSA) is 57.5 Å². The summed E-state index contributed by atoms with van der Waals surface area (Å²) in [4.78, 5) is 11.7. The molecule has 4 fully saturated rings. The van der Waals surface area contributed by atoms with E-state index in [1.54, 1.807) is 0 Å². The molecule has 3 heteroatoms. The number of hydrogen-bond acceptors (Lipinski definition) is 2. The zero-order valence-corrected chi connectivity index (χ0v) is 14.6. The fourth-order valence-corrected chi connectivity index (χ4v) is 7.64. The average molecular weight is 320 g/mol. The van der Waals surface area contributed by atoms with E-state index in [0.717, 1.165) is 43.9 Å². The molecule has 2 N–H and O–H groups in total. The van der Waals surface area contributed by atoms with Crippen LogP contribution in [0, 0.1) is 40.4 Å². The molecule has 0 aromatic carbocycles. The summed E-state index contributed by atoms with van der Waals surface area (Å²) in [5, 5.41) is 19.7. The molecule has 0 radical (unpaired) electrons. The van der Waals surface area contributed by atoms with Crippen LogP contribution >= 0.6 is 0 Å². The Balaban J connectivity index is 1.61. The minimum absolute atomic E-state index is 0.0321. The quantitative estimate of drug-likeness (QED) is 0.765. The van der Waals surface area contributed by atoms with Crippen LogP contribution in [0.5, 0.6) is 0 Å². The van der Waals surface area contributed by atoms with Crippen molar-refractivity contribution in [1.82, 2.24) is 0 Å². The molecule has 0 bridgehead atoms. The summed E-state index contributed by atoms with van der Waals surface area (Å²) in [6.45, 7) is 4.77. The fraction of sp³-hybridized carbons (Fsp3) is 0.950. The lowest BCUT2D eigenvalue weighted by Gasteiger charge is -2.60. The van der Waals surface area contributed by atoms with Crippen molar-refractivity contribution in [2.45, 2.75) is 77.7 Å². The molecule has 0 saturated heterocycles. The number of hydrogen-bond donors (Lipinski definition) is 2. The monoisotopic (exact) mass is 320 g/mol. The molecule has 4 saturated carbocycles. The van der Waals surface area contributed by atoms with Crippen LogP contribution in [0.15, 0.2) is 0 Å². The van der Waals surface area contributed by atoms with E-state index in [0.29, 0.717) is 17.3 Å². The molecule has 130 valence electrons. The summed E-state index contributed by atoms with van der Waals surface area (Å²) in [5.41, 5.74) is 0.426. The second-order valence-electron chi connectivity index (χ2n) is 9.60. The standard InChI is InChI=1S/C20H32O3/c1-19-9-7-13(21)11-12(19)3-4-14-15-5-6-17(18(22)23)20(15,2)10-8-16(14)19/h12-17,21H,3-11H2,1-2H3,(H,22,23)/t12-,13-,14+,15-,16-,17-,19+,20+/m1/s1. The third kappa shape index (κ3) is 2.14. The maximum Gasteiger partial charge on any atom is 0.307 e. The van der Waals surface area contributed by atoms with Gasteiger partial charge in [0.25, 0.3) is 0 Å². The Kier molecular flexibility index (Phi) is 3.61. The third-order valence-corrected chi connectivity index (χ3v) is 8.94. The van der Waals surface area contributed by atoms with Gasteiger partial charge in [-0.3, -0.25) is 4.79 Å². The molecule has 0 aliphatic heterocycles. The maximum absolute atomic E-state index is 11.7. The number of aliphatic hydroxyl groups is 1. The summed E-state index contributed by atoms with van der Waals surface area (Å²) in [6.07, 6.45) is 9.90. The summed E-state index contributed by atoms with van der Waals surface area (Å²) in [6, 6.07) is 0. The van der Waals surface area contributed by atoms with Gasteiger partial charge in [0.15, 0.2) is 0 Å². The molecule has 4 aliphatic rings. The Morgan fingerprint density at radius 2 is 1.61 bits per heavy atom. The van der Waals surface area contributed by atoms with Gasteiger partial charge in [0.1, 0.15) is 0 Å². The second-order valence-corrected chi connectivity index (χ2v) is 9.60. The Bertz CT molecular complexity index is 503. The molecule has 4 aliphatic carbocycles. The first-order valence-corrected chi connectivity index (χ1v) is 9.77. The van der Waals surface area contributed by atoms with E-state index in [4.69, 9.17) is 0 Å². The van der Waals surface area contributed by atoms with E-state index >= 15 is 0 Å². The highest BCUT2D eigenvalue weighted by molar-refractivity contribution is 5.71. The van der Waals surface area contributed by atoms with Gasteiger partial charge >= 0.3 is 5.97 Å². The Labute approximate surface area is 139 Å². The van der Waals surface area contributed by atoms with E-state index < -0.39 is 5.97 Å². The lowest BCUT2D eigenvalue weighted by Crippen LogP contribution is -2.54. The van der Waals surface area contributed by atoms with E-state index in [-0.39, 0.29) is 17.4 Å². The van der Waals surface area contributed by atoms with Crippen molar-refractivity contribution >= 4 is 5.97 Å². The Hall–Kier alpha value is -0.570. The molecule has 0 spiro atoms. The molecule has 4 rings (SSSR count). The van der Waals surface area contributed by atoms with Crippen LogP contribution < -0.4 is 0 Å². The van der Waals surface area contributed by atoms with Crippen LogP contribution in [-0.4, -0.2) is 22.3 Å². The fourth-order valence-electron chi connectivity index (χ4n) is 7.64. The largest absolute Gasteiger partial charge is 0.481 e. The highest BCUT2D eigenvalue weighted by Gasteiger charge is 2.61. The molecular weight excluding hydrogens is 288 g/mol. The molecule has 23 heavy (non-hydrogen) atoms. The van der Waals surface area contributed by atoms with Crippen molar-refractivity contribution < 1.29 is 15.0 Å². The highest BCUT2D eigenvalue weighted by Crippen LogP contribution is 2.67. The number of aliphatic carboxylic acids is 1. The predicted octanol–water partition coefficient (Wildman–Crippen LogP) is 4.09. The molecule has 0 unspecified atom stereocenters. The first-order valence-electron chi connectivity index (χ1n) is 9.77. The molecule has 0 aromatic rings. The van der Waals surface area contributed by atoms with Gasteiger partial charge in [-0.25, -0.2) is 0 Å². The van der Waals surface area contributed by atoms with Crippen molar-refractivity contribution in [3.63, 3.8) is 0 Å². The Morgan fingerprint density at radius 1 is 0.913 bits per heavy atom. The molecule has 0 aromatic heterocycles. The van der Waals surface area contributed by atoms with Gasteiger partial charge in [-0.1, -0.05) is 13.8 Å². The van der Waals surface area contributed by atoms with Crippen molar-refractivity contribution in [3.8, 4) is 0 Å². The van der Waals surface area contributed by atoms with Gasteiger partial charge < -0.3 is 10.2 Å². The molecule has 3 nitrogen and oxygen atoms in total. The first-order chi connectivity index (χ1) is 10.9. The van der Waals surface area contributed by atoms with Crippen molar-refractivity contribution in [3.05, 3.63) is 0 Å². The number of carboxylic acids is 1. The van der Waals surface area contributed by atoms with Crippen LogP contribution in [0.4, 0.5) is 0 Å². The van der Waals surface area contributed by atoms with Gasteiger partial charge in [-0.2, -0.15) is 0 Å². The minimum Gasteiger partial charge on any atom is -0.481 e. The number of carbonyl (C=O) groups is 1. The van der Waals surface area contributed by atoms with Crippen LogP contribution in [0.1, 0.15) is 71.6 Å². The zero-order valence-electron chi connectivity index (χ0n) is 14.6. The lowest BCUT2D eigenvalue weighted by molar-refractivity contribution is -0.154. The van der Waals surface area contributed by atoms with Crippen molar-refractivity contribution in [1.29, 1.82) is 0 Å². The third-order valence-electron chi connectivity index (χ3n) is 8.94. The summed E-state index contributed by atoms with van der Waals surface area (Å²) < 4.78 is 0.